The number of carbonyl (C=O) groups is 2. The maximum atomic E-state index is 11.5. The molecule has 4 nitrogen and oxygen atoms in total. The van der Waals surface area contributed by atoms with Gasteiger partial charge in [0.05, 0.1) is 20.3 Å². The number of rotatable bonds is 8. The van der Waals surface area contributed by atoms with Gasteiger partial charge in [0, 0.05) is 12.5 Å². The van der Waals surface area contributed by atoms with Crippen molar-refractivity contribution >= 4 is 12.1 Å². The molecule has 1 rings (SSSR count). The molecule has 96 valence electrons. The lowest BCUT2D eigenvalue weighted by Crippen LogP contribution is -2.09. The molecule has 0 amide bonds. The molecule has 0 heterocycles. The fourth-order valence-corrected chi connectivity index (χ4v) is 1.39. The molecule has 0 radical (unpaired) electrons. The molecule has 1 aromatic carbocycles. The van der Waals surface area contributed by atoms with Crippen LogP contribution in [0.1, 0.15) is 12.0 Å². The Morgan fingerprint density at radius 3 is 2.61 bits per heavy atom. The zero-order chi connectivity index (χ0) is 13.2. The highest BCUT2D eigenvalue weighted by molar-refractivity contribution is 5.96. The first-order valence-corrected chi connectivity index (χ1v) is 5.62. The number of aldehydes is 1. The molecule has 0 unspecified atom stereocenters. The average Bonchev–Trinajstić information content (AvgIpc) is 2.42. The SMILES string of the molecule is CO/C(=C/C=O)C(=O)CCOCc1ccccc1. The van der Waals surface area contributed by atoms with Gasteiger partial charge in [0.15, 0.2) is 11.5 Å². The summed E-state index contributed by atoms with van der Waals surface area (Å²) in [6.45, 7) is 0.765. The number of hydrogen-bond donors (Lipinski definition) is 0. The Morgan fingerprint density at radius 1 is 1.28 bits per heavy atom. The van der Waals surface area contributed by atoms with Crippen LogP contribution < -0.4 is 0 Å². The third-order valence-corrected chi connectivity index (χ3v) is 2.30. The van der Waals surface area contributed by atoms with Crippen LogP contribution in [-0.2, 0) is 25.7 Å². The van der Waals surface area contributed by atoms with Crippen LogP contribution in [-0.4, -0.2) is 25.8 Å². The van der Waals surface area contributed by atoms with Crippen molar-refractivity contribution < 1.29 is 19.1 Å². The van der Waals surface area contributed by atoms with E-state index < -0.39 is 0 Å². The molecule has 0 aliphatic rings. The Balaban J connectivity index is 2.28. The number of Topliss-reactive ketones (excluding diaryl/α,β-unsaturated/α-hetero) is 1. The maximum absolute atomic E-state index is 11.5. The molecule has 0 bridgehead atoms. The van der Waals surface area contributed by atoms with Gasteiger partial charge in [-0.05, 0) is 5.56 Å². The molecule has 0 atom stereocenters. The summed E-state index contributed by atoms with van der Waals surface area (Å²) in [5.74, 6) is -0.175. The van der Waals surface area contributed by atoms with Gasteiger partial charge in [0.2, 0.25) is 0 Å². The van der Waals surface area contributed by atoms with E-state index in [-0.39, 0.29) is 18.0 Å². The molecule has 0 N–H and O–H groups in total. The predicted octanol–water partition coefficient (Wildman–Crippen LogP) is 1.89. The standard InChI is InChI=1S/C14H16O4/c1-17-14(7-9-15)13(16)8-10-18-11-12-5-3-2-4-6-12/h2-7,9H,8,10-11H2,1H3/b14-7+. The lowest BCUT2D eigenvalue weighted by Gasteiger charge is -2.05. The summed E-state index contributed by atoms with van der Waals surface area (Å²) >= 11 is 0. The monoisotopic (exact) mass is 248 g/mol. The summed E-state index contributed by atoms with van der Waals surface area (Å²) in [4.78, 5) is 21.8. The van der Waals surface area contributed by atoms with E-state index in [1.54, 1.807) is 0 Å². The Labute approximate surface area is 106 Å². The molecule has 0 aliphatic carbocycles. The van der Waals surface area contributed by atoms with E-state index in [0.29, 0.717) is 19.5 Å². The topological polar surface area (TPSA) is 52.6 Å². The molecule has 0 aromatic heterocycles. The second kappa shape index (κ2) is 8.20. The van der Waals surface area contributed by atoms with E-state index in [1.165, 1.54) is 7.11 Å². The molecule has 0 aliphatic heterocycles. The van der Waals surface area contributed by atoms with Gasteiger partial charge in [-0.1, -0.05) is 30.3 Å². The van der Waals surface area contributed by atoms with Crippen molar-refractivity contribution in [2.75, 3.05) is 13.7 Å². The van der Waals surface area contributed by atoms with Crippen LogP contribution in [0.15, 0.2) is 42.2 Å². The van der Waals surface area contributed by atoms with E-state index in [1.807, 2.05) is 30.3 Å². The Morgan fingerprint density at radius 2 is 2.00 bits per heavy atom. The highest BCUT2D eigenvalue weighted by atomic mass is 16.5. The molecule has 0 fully saturated rings. The first-order valence-electron chi connectivity index (χ1n) is 5.62. The fourth-order valence-electron chi connectivity index (χ4n) is 1.39. The lowest BCUT2D eigenvalue weighted by molar-refractivity contribution is -0.120. The van der Waals surface area contributed by atoms with Gasteiger partial charge in [-0.25, -0.2) is 0 Å². The highest BCUT2D eigenvalue weighted by Crippen LogP contribution is 2.03. The van der Waals surface area contributed by atoms with Crippen LogP contribution in [0.2, 0.25) is 0 Å². The minimum Gasteiger partial charge on any atom is -0.493 e. The molecule has 0 saturated carbocycles. The molecule has 18 heavy (non-hydrogen) atoms. The second-order valence-electron chi connectivity index (χ2n) is 3.58. The molecular weight excluding hydrogens is 232 g/mol. The van der Waals surface area contributed by atoms with Crippen LogP contribution >= 0.6 is 0 Å². The van der Waals surface area contributed by atoms with Crippen LogP contribution in [0.5, 0.6) is 0 Å². The van der Waals surface area contributed by atoms with Gasteiger partial charge in [0.1, 0.15) is 6.29 Å². The number of allylic oxidation sites excluding steroid dienone is 2. The third kappa shape index (κ3) is 4.93. The number of carbonyl (C=O) groups excluding carboxylic acids is 2. The van der Waals surface area contributed by atoms with Crippen molar-refractivity contribution in [3.8, 4) is 0 Å². The zero-order valence-electron chi connectivity index (χ0n) is 10.3. The summed E-state index contributed by atoms with van der Waals surface area (Å²) in [6, 6.07) is 9.70. The van der Waals surface area contributed by atoms with E-state index in [4.69, 9.17) is 9.47 Å². The molecule has 1 aromatic rings. The van der Waals surface area contributed by atoms with Crippen LogP contribution in [0.25, 0.3) is 0 Å². The van der Waals surface area contributed by atoms with Crippen molar-refractivity contribution in [2.45, 2.75) is 13.0 Å². The highest BCUT2D eigenvalue weighted by Gasteiger charge is 2.08. The molecular formula is C14H16O4. The number of benzene rings is 1. The minimum atomic E-state index is -0.238. The average molecular weight is 248 g/mol. The largest absolute Gasteiger partial charge is 0.493 e. The quantitative estimate of drug-likeness (QED) is 0.305. The minimum absolute atomic E-state index is 0.0633. The third-order valence-electron chi connectivity index (χ3n) is 2.30. The van der Waals surface area contributed by atoms with Crippen molar-refractivity contribution in [3.63, 3.8) is 0 Å². The summed E-state index contributed by atoms with van der Waals surface area (Å²) in [6.07, 6.45) is 1.83. The van der Waals surface area contributed by atoms with Crippen molar-refractivity contribution in [1.82, 2.24) is 0 Å². The van der Waals surface area contributed by atoms with Gasteiger partial charge < -0.3 is 9.47 Å². The second-order valence-corrected chi connectivity index (χ2v) is 3.58. The summed E-state index contributed by atoms with van der Waals surface area (Å²) in [5, 5.41) is 0. The fraction of sp³-hybridized carbons (Fsp3) is 0.286. The van der Waals surface area contributed by atoms with Gasteiger partial charge >= 0.3 is 0 Å². The maximum Gasteiger partial charge on any atom is 0.199 e. The first kappa shape index (κ1) is 14.1. The normalized spacial score (nSPS) is 11.1. The van der Waals surface area contributed by atoms with Crippen molar-refractivity contribution in [1.29, 1.82) is 0 Å². The van der Waals surface area contributed by atoms with Gasteiger partial charge in [0.25, 0.3) is 0 Å². The molecule has 0 spiro atoms. The van der Waals surface area contributed by atoms with E-state index in [0.717, 1.165) is 11.6 Å². The number of ether oxygens (including phenoxy) is 2. The smallest absolute Gasteiger partial charge is 0.199 e. The van der Waals surface area contributed by atoms with E-state index >= 15 is 0 Å². The van der Waals surface area contributed by atoms with Gasteiger partial charge in [-0.2, -0.15) is 0 Å². The number of ketones is 1. The Bertz CT molecular complexity index is 409. The van der Waals surface area contributed by atoms with E-state index in [2.05, 4.69) is 0 Å². The van der Waals surface area contributed by atoms with Crippen LogP contribution in [0, 0.1) is 0 Å². The number of methoxy groups -OCH3 is 1. The molecule has 4 heteroatoms. The number of hydrogen-bond acceptors (Lipinski definition) is 4. The van der Waals surface area contributed by atoms with Gasteiger partial charge in [-0.3, -0.25) is 9.59 Å². The lowest BCUT2D eigenvalue weighted by atomic mass is 10.2. The molecule has 0 saturated heterocycles. The van der Waals surface area contributed by atoms with Crippen LogP contribution in [0.4, 0.5) is 0 Å². The van der Waals surface area contributed by atoms with Crippen molar-refractivity contribution in [2.24, 2.45) is 0 Å². The van der Waals surface area contributed by atoms with E-state index in [9.17, 15) is 9.59 Å². The summed E-state index contributed by atoms with van der Waals surface area (Å²) in [7, 11) is 1.36. The van der Waals surface area contributed by atoms with Gasteiger partial charge in [-0.15, -0.1) is 0 Å². The van der Waals surface area contributed by atoms with Crippen molar-refractivity contribution in [3.05, 3.63) is 47.7 Å². The first-order chi connectivity index (χ1) is 8.77. The predicted molar refractivity (Wildman–Crippen MR) is 66.9 cm³/mol. The summed E-state index contributed by atoms with van der Waals surface area (Å²) < 4.78 is 10.2. The Kier molecular flexibility index (Phi) is 6.43. The van der Waals surface area contributed by atoms with Crippen LogP contribution in [0.3, 0.4) is 0 Å². The summed E-state index contributed by atoms with van der Waals surface area (Å²) in [5.41, 5.74) is 1.06. The zero-order valence-corrected chi connectivity index (χ0v) is 10.3. The Hall–Kier alpha value is -1.94.